The third-order valence-corrected chi connectivity index (χ3v) is 8.16. The van der Waals surface area contributed by atoms with Crippen molar-refractivity contribution in [3.63, 3.8) is 0 Å². The molecule has 0 bridgehead atoms. The van der Waals surface area contributed by atoms with E-state index in [0.717, 1.165) is 0 Å². The summed E-state index contributed by atoms with van der Waals surface area (Å²) in [5.74, 6) is -0.740. The topological polar surface area (TPSA) is 297 Å². The number of ether oxygens (including phenoxy) is 4. The third-order valence-electron chi connectivity index (χ3n) is 8.16. The highest BCUT2D eigenvalue weighted by Gasteiger charge is 2.66. The van der Waals surface area contributed by atoms with E-state index in [1.54, 1.807) is 0 Å². The predicted octanol–water partition coefficient (Wildman–Crippen LogP) is -6.79. The summed E-state index contributed by atoms with van der Waals surface area (Å²) in [6, 6.07) is -3.51. The molecule has 16 nitrogen and oxygen atoms in total. The Balaban J connectivity index is 1.53. The number of hydrogen-bond donors (Lipinski definition) is 11. The molecular weight excluding hydrogens is 508 g/mol. The largest absolute Gasteiger partial charge is 0.394 e. The van der Waals surface area contributed by atoms with Gasteiger partial charge in [-0.25, -0.2) is 0 Å². The molecule has 15 atom stereocenters. The summed E-state index contributed by atoms with van der Waals surface area (Å²) in [5, 5.41) is 54.4. The Morgan fingerprint density at radius 1 is 1.03 bits per heavy atom. The van der Waals surface area contributed by atoms with Crippen molar-refractivity contribution in [2.75, 3.05) is 19.7 Å². The van der Waals surface area contributed by atoms with Crippen molar-refractivity contribution < 1.29 is 49.3 Å². The van der Waals surface area contributed by atoms with Gasteiger partial charge in [-0.1, -0.05) is 0 Å². The fourth-order valence-corrected chi connectivity index (χ4v) is 5.68. The molecule has 220 valence electrons. The lowest BCUT2D eigenvalue weighted by atomic mass is 9.83. The Labute approximate surface area is 219 Å². The highest BCUT2D eigenvalue weighted by Crippen LogP contribution is 2.55. The Hall–Kier alpha value is -1.09. The van der Waals surface area contributed by atoms with Crippen molar-refractivity contribution in [3.05, 3.63) is 0 Å². The molecule has 2 aliphatic carbocycles. The predicted molar refractivity (Wildman–Crippen MR) is 128 cm³/mol. The highest BCUT2D eigenvalue weighted by atomic mass is 16.7. The highest BCUT2D eigenvalue weighted by molar-refractivity contribution is 5.80. The van der Waals surface area contributed by atoms with Crippen LogP contribution in [0.15, 0.2) is 0 Å². The number of amides is 1. The van der Waals surface area contributed by atoms with Gasteiger partial charge in [0.1, 0.15) is 42.7 Å². The summed E-state index contributed by atoms with van der Waals surface area (Å²) >= 11 is 0. The van der Waals surface area contributed by atoms with Crippen molar-refractivity contribution >= 4 is 5.91 Å². The molecule has 2 aliphatic heterocycles. The maximum atomic E-state index is 12.6. The summed E-state index contributed by atoms with van der Waals surface area (Å²) in [7, 11) is 0. The zero-order valence-electron chi connectivity index (χ0n) is 21.0. The Kier molecular flexibility index (Phi) is 9.28. The average molecular weight is 551 g/mol. The molecule has 2 heterocycles. The maximum Gasteiger partial charge on any atom is 0.249 e. The van der Waals surface area contributed by atoms with Gasteiger partial charge < -0.3 is 78.5 Å². The van der Waals surface area contributed by atoms with Gasteiger partial charge in [-0.15, -0.1) is 0 Å². The average Bonchev–Trinajstić information content (AvgIpc) is 3.55. The van der Waals surface area contributed by atoms with Crippen LogP contribution in [-0.4, -0.2) is 136 Å². The molecule has 0 spiro atoms. The summed E-state index contributed by atoms with van der Waals surface area (Å²) in [5.41, 5.74) is 29.2. The van der Waals surface area contributed by atoms with E-state index in [0.29, 0.717) is 6.42 Å². The summed E-state index contributed by atoms with van der Waals surface area (Å²) in [4.78, 5) is 12.6. The number of aliphatic hydroxyl groups excluding tert-OH is 5. The number of hydrogen-bond acceptors (Lipinski definition) is 15. The number of nitrogens with two attached hydrogens (primary N) is 5. The van der Waals surface area contributed by atoms with Crippen LogP contribution in [0.25, 0.3) is 0 Å². The second kappa shape index (κ2) is 11.8. The molecule has 4 rings (SSSR count). The Morgan fingerprint density at radius 2 is 1.71 bits per heavy atom. The van der Waals surface area contributed by atoms with Gasteiger partial charge in [0.05, 0.1) is 30.3 Å². The van der Waals surface area contributed by atoms with Crippen LogP contribution < -0.4 is 34.0 Å². The second-order valence-electron chi connectivity index (χ2n) is 10.7. The molecule has 4 aliphatic rings. The van der Waals surface area contributed by atoms with Crippen molar-refractivity contribution in [2.45, 2.75) is 104 Å². The minimum atomic E-state index is -1.54. The first kappa shape index (κ1) is 29.9. The van der Waals surface area contributed by atoms with Crippen LogP contribution in [0, 0.1) is 5.92 Å². The Bertz CT molecular complexity index is 829. The van der Waals surface area contributed by atoms with E-state index >= 15 is 0 Å². The maximum absolute atomic E-state index is 12.6. The molecule has 7 unspecified atom stereocenters. The molecule has 0 aromatic carbocycles. The minimum Gasteiger partial charge on any atom is -0.394 e. The second-order valence-corrected chi connectivity index (χ2v) is 10.7. The lowest BCUT2D eigenvalue weighted by Crippen LogP contribution is -2.69. The normalized spacial score (nSPS) is 49.4. The molecule has 16 heteroatoms. The van der Waals surface area contributed by atoms with E-state index in [4.69, 9.17) is 47.6 Å². The fraction of sp³-hybridized carbons (Fsp3) is 0.955. The van der Waals surface area contributed by atoms with E-state index in [1.807, 2.05) is 0 Å². The molecule has 16 N–H and O–H groups in total. The monoisotopic (exact) mass is 550 g/mol. The van der Waals surface area contributed by atoms with Gasteiger partial charge in [0.2, 0.25) is 5.91 Å². The van der Waals surface area contributed by atoms with Gasteiger partial charge in [0.15, 0.2) is 12.6 Å². The number of nitrogens with one attached hydrogen (secondary N) is 1. The molecule has 0 aromatic heterocycles. The molecule has 4 fully saturated rings. The van der Waals surface area contributed by atoms with E-state index < -0.39 is 97.6 Å². The standard InChI is InChI=1S/C22H42N6O10/c23-2-1-10(30)19(34)28-9-3-8(25)17(36-20-12(26)7-4-22(7,6-24)38-20)16(33)18(9)37-21-15(32)13(27)14(31)11(5-29)35-21/h7-18,20-21,29-33H,1-6,23-27H2,(H,28,34)/t7-,8?,9?,10?,11?,12+,13?,14+,15+,16+,17?,18-,20+,21+,22?/m1/s1. The van der Waals surface area contributed by atoms with Crippen LogP contribution in [0.1, 0.15) is 19.3 Å². The van der Waals surface area contributed by atoms with Gasteiger partial charge in [0, 0.05) is 18.5 Å². The van der Waals surface area contributed by atoms with Gasteiger partial charge in [0.25, 0.3) is 0 Å². The number of carbonyl (C=O) groups is 1. The molecule has 0 aromatic rings. The van der Waals surface area contributed by atoms with Crippen molar-refractivity contribution in [1.29, 1.82) is 0 Å². The molecule has 2 saturated carbocycles. The molecule has 2 saturated heterocycles. The summed E-state index contributed by atoms with van der Waals surface area (Å²) in [6.45, 7) is -0.281. The smallest absolute Gasteiger partial charge is 0.249 e. The number of aliphatic hydroxyl groups is 5. The first-order valence-corrected chi connectivity index (χ1v) is 12.9. The van der Waals surface area contributed by atoms with E-state index in [-0.39, 0.29) is 31.8 Å². The van der Waals surface area contributed by atoms with Gasteiger partial charge >= 0.3 is 0 Å². The van der Waals surface area contributed by atoms with Gasteiger partial charge in [-0.2, -0.15) is 0 Å². The molecule has 38 heavy (non-hydrogen) atoms. The first-order valence-electron chi connectivity index (χ1n) is 12.9. The van der Waals surface area contributed by atoms with Gasteiger partial charge in [-0.3, -0.25) is 4.79 Å². The number of carbonyl (C=O) groups excluding carboxylic acids is 1. The molecule has 0 radical (unpaired) electrons. The number of rotatable bonds is 10. The Morgan fingerprint density at radius 3 is 2.32 bits per heavy atom. The quantitative estimate of drug-likeness (QED) is 0.120. The number of fused-ring (bicyclic) bond motifs is 1. The fourth-order valence-electron chi connectivity index (χ4n) is 5.68. The molecular formula is C22H42N6O10. The van der Waals surface area contributed by atoms with Crippen LogP contribution >= 0.6 is 0 Å². The SMILES string of the molecule is NCCC(O)C(=O)NC1CC(N)C(O[C@H]2OC3(CN)C[C@@H]3[C@@H]2N)[C@H](O)[C@@H]1O[C@@H]1OC(CO)[C@H](O)C(N)[C@@H]1O. The zero-order valence-corrected chi connectivity index (χ0v) is 21.0. The van der Waals surface area contributed by atoms with E-state index in [9.17, 15) is 30.3 Å². The van der Waals surface area contributed by atoms with Crippen LogP contribution in [0.4, 0.5) is 0 Å². The third kappa shape index (κ3) is 5.57. The van der Waals surface area contributed by atoms with Crippen LogP contribution in [-0.2, 0) is 23.7 Å². The lowest BCUT2D eigenvalue weighted by molar-refractivity contribution is -0.311. The zero-order chi connectivity index (χ0) is 27.9. The van der Waals surface area contributed by atoms with E-state index in [2.05, 4.69) is 5.32 Å². The van der Waals surface area contributed by atoms with E-state index in [1.165, 1.54) is 0 Å². The lowest BCUT2D eigenvalue weighted by Gasteiger charge is -2.47. The molecule has 1 amide bonds. The van der Waals surface area contributed by atoms with Crippen LogP contribution in [0.5, 0.6) is 0 Å². The minimum absolute atomic E-state index is 0.000753. The summed E-state index contributed by atoms with van der Waals surface area (Å²) in [6.07, 6.45) is -11.0. The summed E-state index contributed by atoms with van der Waals surface area (Å²) < 4.78 is 23.4. The van der Waals surface area contributed by atoms with Crippen molar-refractivity contribution in [2.24, 2.45) is 34.6 Å². The van der Waals surface area contributed by atoms with Crippen molar-refractivity contribution in [1.82, 2.24) is 5.32 Å². The van der Waals surface area contributed by atoms with Crippen LogP contribution in [0.2, 0.25) is 0 Å². The van der Waals surface area contributed by atoms with Gasteiger partial charge in [-0.05, 0) is 25.8 Å². The van der Waals surface area contributed by atoms with Crippen LogP contribution in [0.3, 0.4) is 0 Å². The van der Waals surface area contributed by atoms with Crippen molar-refractivity contribution in [3.8, 4) is 0 Å². The first-order chi connectivity index (χ1) is 18.0.